The second-order valence-corrected chi connectivity index (χ2v) is 4.45. The molecule has 1 aromatic rings. The third-order valence-electron chi connectivity index (χ3n) is 2.65. The van der Waals surface area contributed by atoms with Gasteiger partial charge in [-0.05, 0) is 38.0 Å². The number of aliphatic hydroxyl groups excluding tert-OH is 1. The molecule has 0 aliphatic heterocycles. The van der Waals surface area contributed by atoms with Crippen molar-refractivity contribution in [1.82, 2.24) is 4.90 Å². The molecule has 1 rings (SSSR count). The molecule has 1 atom stereocenters. The Labute approximate surface area is 106 Å². The lowest BCUT2D eigenvalue weighted by Gasteiger charge is -2.18. The molecule has 2 amide bonds. The van der Waals surface area contributed by atoms with Crippen LogP contribution in [0.15, 0.2) is 18.2 Å². The summed E-state index contributed by atoms with van der Waals surface area (Å²) in [6, 6.07) is 4.23. The molecule has 0 saturated carbocycles. The molecule has 0 radical (unpaired) electrons. The maximum atomic E-state index is 13.3. The van der Waals surface area contributed by atoms with Crippen LogP contribution in [0.2, 0.25) is 0 Å². The van der Waals surface area contributed by atoms with E-state index >= 15 is 0 Å². The summed E-state index contributed by atoms with van der Waals surface area (Å²) in [5.41, 5.74) is 0.961. The van der Waals surface area contributed by atoms with Crippen molar-refractivity contribution in [3.05, 3.63) is 29.6 Å². The average Bonchev–Trinajstić information content (AvgIpc) is 2.30. The quantitative estimate of drug-likeness (QED) is 0.866. The number of urea groups is 1. The molecular weight excluding hydrogens is 235 g/mol. The molecule has 100 valence electrons. The van der Waals surface area contributed by atoms with Crippen LogP contribution >= 0.6 is 0 Å². The lowest BCUT2D eigenvalue weighted by Crippen LogP contribution is -2.33. The van der Waals surface area contributed by atoms with E-state index in [-0.39, 0.29) is 11.8 Å². The number of carbonyl (C=O) groups excluding carboxylic acids is 1. The fourth-order valence-electron chi connectivity index (χ4n) is 1.37. The number of benzene rings is 1. The van der Waals surface area contributed by atoms with Gasteiger partial charge in [0.05, 0.1) is 6.10 Å². The minimum Gasteiger partial charge on any atom is -0.393 e. The van der Waals surface area contributed by atoms with E-state index < -0.39 is 6.10 Å². The first-order chi connectivity index (χ1) is 8.40. The van der Waals surface area contributed by atoms with Gasteiger partial charge >= 0.3 is 6.03 Å². The highest BCUT2D eigenvalue weighted by Crippen LogP contribution is 2.14. The fourth-order valence-corrected chi connectivity index (χ4v) is 1.37. The number of halogens is 1. The van der Waals surface area contributed by atoms with Crippen molar-refractivity contribution in [3.63, 3.8) is 0 Å². The van der Waals surface area contributed by atoms with Crippen molar-refractivity contribution >= 4 is 11.7 Å². The smallest absolute Gasteiger partial charge is 0.321 e. The Morgan fingerprint density at radius 3 is 2.78 bits per heavy atom. The van der Waals surface area contributed by atoms with Gasteiger partial charge in [0, 0.05) is 19.3 Å². The number of aliphatic hydroxyl groups is 1. The summed E-state index contributed by atoms with van der Waals surface area (Å²) in [5, 5.41) is 11.7. The zero-order chi connectivity index (χ0) is 13.7. The second-order valence-electron chi connectivity index (χ2n) is 4.45. The van der Waals surface area contributed by atoms with Crippen molar-refractivity contribution < 1.29 is 14.3 Å². The number of hydrogen-bond acceptors (Lipinski definition) is 2. The summed E-state index contributed by atoms with van der Waals surface area (Å²) in [6.07, 6.45) is 0.0590. The molecule has 0 aliphatic carbocycles. The maximum absolute atomic E-state index is 13.3. The molecule has 0 saturated heterocycles. The highest BCUT2D eigenvalue weighted by atomic mass is 19.1. The molecule has 0 aromatic heterocycles. The van der Waals surface area contributed by atoms with Gasteiger partial charge in [-0.2, -0.15) is 0 Å². The topological polar surface area (TPSA) is 52.6 Å². The van der Waals surface area contributed by atoms with E-state index in [4.69, 9.17) is 5.11 Å². The molecule has 1 unspecified atom stereocenters. The summed E-state index contributed by atoms with van der Waals surface area (Å²) in [5.74, 6) is -0.348. The Morgan fingerprint density at radius 2 is 2.22 bits per heavy atom. The van der Waals surface area contributed by atoms with Crippen LogP contribution in [0.5, 0.6) is 0 Å². The molecular formula is C13H19FN2O2. The lowest BCUT2D eigenvalue weighted by atomic mass is 10.2. The number of hydrogen-bond donors (Lipinski definition) is 2. The largest absolute Gasteiger partial charge is 0.393 e. The first kappa shape index (κ1) is 14.4. The van der Waals surface area contributed by atoms with E-state index in [1.807, 2.05) is 0 Å². The Morgan fingerprint density at radius 1 is 1.56 bits per heavy atom. The van der Waals surface area contributed by atoms with Crippen molar-refractivity contribution in [2.24, 2.45) is 0 Å². The second kappa shape index (κ2) is 6.35. The van der Waals surface area contributed by atoms with Gasteiger partial charge < -0.3 is 15.3 Å². The van der Waals surface area contributed by atoms with E-state index in [0.29, 0.717) is 24.2 Å². The minimum atomic E-state index is -0.447. The van der Waals surface area contributed by atoms with E-state index in [1.54, 1.807) is 33.0 Å². The van der Waals surface area contributed by atoms with Gasteiger partial charge in [0.1, 0.15) is 5.82 Å². The molecule has 1 aromatic carbocycles. The van der Waals surface area contributed by atoms with E-state index in [2.05, 4.69) is 5.32 Å². The third kappa shape index (κ3) is 4.33. The number of rotatable bonds is 4. The predicted molar refractivity (Wildman–Crippen MR) is 69.1 cm³/mol. The van der Waals surface area contributed by atoms with Gasteiger partial charge in [-0.1, -0.05) is 6.07 Å². The Balaban J connectivity index is 2.55. The van der Waals surface area contributed by atoms with Crippen molar-refractivity contribution in [3.8, 4) is 0 Å². The van der Waals surface area contributed by atoms with Crippen LogP contribution in [0.3, 0.4) is 0 Å². The summed E-state index contributed by atoms with van der Waals surface area (Å²) < 4.78 is 13.3. The van der Waals surface area contributed by atoms with Gasteiger partial charge in [0.2, 0.25) is 0 Å². The minimum absolute atomic E-state index is 0.320. The Kier molecular flexibility index (Phi) is 5.09. The molecule has 5 heteroatoms. The Hall–Kier alpha value is -1.62. The zero-order valence-electron chi connectivity index (χ0n) is 10.9. The SMILES string of the molecule is Cc1ccc(NC(=O)N(C)CCC(C)O)cc1F. The van der Waals surface area contributed by atoms with Crippen LogP contribution in [0.1, 0.15) is 18.9 Å². The van der Waals surface area contributed by atoms with E-state index in [1.165, 1.54) is 11.0 Å². The molecule has 2 N–H and O–H groups in total. The van der Waals surface area contributed by atoms with Crippen LogP contribution in [-0.4, -0.2) is 35.7 Å². The first-order valence-electron chi connectivity index (χ1n) is 5.86. The van der Waals surface area contributed by atoms with Crippen LogP contribution in [0.4, 0.5) is 14.9 Å². The molecule has 18 heavy (non-hydrogen) atoms. The van der Waals surface area contributed by atoms with Crippen molar-refractivity contribution in [2.45, 2.75) is 26.4 Å². The normalized spacial score (nSPS) is 12.1. The van der Waals surface area contributed by atoms with Gasteiger partial charge in [0.25, 0.3) is 0 Å². The van der Waals surface area contributed by atoms with Crippen molar-refractivity contribution in [1.29, 1.82) is 0 Å². The molecule has 0 fully saturated rings. The fraction of sp³-hybridized carbons (Fsp3) is 0.462. The molecule has 0 heterocycles. The van der Waals surface area contributed by atoms with Crippen LogP contribution in [0, 0.1) is 12.7 Å². The van der Waals surface area contributed by atoms with Crippen LogP contribution in [-0.2, 0) is 0 Å². The van der Waals surface area contributed by atoms with Gasteiger partial charge in [0.15, 0.2) is 0 Å². The number of aryl methyl sites for hydroxylation is 1. The molecule has 0 aliphatic rings. The van der Waals surface area contributed by atoms with Crippen molar-refractivity contribution in [2.75, 3.05) is 18.9 Å². The summed E-state index contributed by atoms with van der Waals surface area (Å²) in [7, 11) is 1.63. The third-order valence-corrected chi connectivity index (χ3v) is 2.65. The highest BCUT2D eigenvalue weighted by Gasteiger charge is 2.10. The van der Waals surface area contributed by atoms with Gasteiger partial charge in [-0.15, -0.1) is 0 Å². The van der Waals surface area contributed by atoms with Crippen LogP contribution in [0.25, 0.3) is 0 Å². The van der Waals surface area contributed by atoms with Gasteiger partial charge in [-0.25, -0.2) is 9.18 Å². The summed E-state index contributed by atoms with van der Waals surface area (Å²) >= 11 is 0. The Bertz CT molecular complexity index is 421. The number of carbonyl (C=O) groups is 1. The molecule has 4 nitrogen and oxygen atoms in total. The summed E-state index contributed by atoms with van der Waals surface area (Å²) in [4.78, 5) is 13.2. The first-order valence-corrected chi connectivity index (χ1v) is 5.86. The molecule has 0 spiro atoms. The standard InChI is InChI=1S/C13H19FN2O2/c1-9-4-5-11(8-12(9)14)15-13(18)16(3)7-6-10(2)17/h4-5,8,10,17H,6-7H2,1-3H3,(H,15,18). The van der Waals surface area contributed by atoms with Crippen LogP contribution < -0.4 is 5.32 Å². The average molecular weight is 254 g/mol. The number of nitrogens with one attached hydrogen (secondary N) is 1. The van der Waals surface area contributed by atoms with E-state index in [0.717, 1.165) is 0 Å². The molecule has 0 bridgehead atoms. The number of anilines is 1. The van der Waals surface area contributed by atoms with E-state index in [9.17, 15) is 9.18 Å². The predicted octanol–water partition coefficient (Wildman–Crippen LogP) is 2.37. The zero-order valence-corrected chi connectivity index (χ0v) is 10.9. The number of nitrogens with zero attached hydrogens (tertiary/aromatic N) is 1. The monoisotopic (exact) mass is 254 g/mol. The lowest BCUT2D eigenvalue weighted by molar-refractivity contribution is 0.167. The summed E-state index contributed by atoms with van der Waals surface area (Å²) in [6.45, 7) is 3.77. The van der Waals surface area contributed by atoms with Gasteiger partial charge in [-0.3, -0.25) is 0 Å². The number of amides is 2. The maximum Gasteiger partial charge on any atom is 0.321 e. The highest BCUT2D eigenvalue weighted by molar-refractivity contribution is 5.89.